The summed E-state index contributed by atoms with van der Waals surface area (Å²) in [4.78, 5) is 14.5. The molecular weight excluding hydrogens is 360 g/mol. The summed E-state index contributed by atoms with van der Waals surface area (Å²) < 4.78 is 1.73. The van der Waals surface area contributed by atoms with Crippen LogP contribution < -0.4 is 4.90 Å². The topological polar surface area (TPSA) is 50.1 Å². The van der Waals surface area contributed by atoms with Crippen LogP contribution in [0.25, 0.3) is 28.0 Å². The minimum absolute atomic E-state index is 0.613. The third kappa shape index (κ3) is 3.59. The Morgan fingerprint density at radius 1 is 0.828 bits per heavy atom. The number of hydrogen-bond donors (Lipinski definition) is 0. The molecule has 6 nitrogen and oxygen atoms in total. The SMILES string of the molecule is CN1CCCN(c2nc(-n3cccn3)nc3ccc(-c4ccccc4)cc23)CC1. The fraction of sp³-hybridized carbons (Fsp3) is 0.261. The van der Waals surface area contributed by atoms with Gasteiger partial charge in [0.05, 0.1) is 5.52 Å². The van der Waals surface area contributed by atoms with Gasteiger partial charge in [0.25, 0.3) is 5.95 Å². The molecule has 0 saturated carbocycles. The highest BCUT2D eigenvalue weighted by Crippen LogP contribution is 2.30. The molecule has 1 saturated heterocycles. The molecule has 2 aromatic carbocycles. The Labute approximate surface area is 170 Å². The molecule has 29 heavy (non-hydrogen) atoms. The van der Waals surface area contributed by atoms with Crippen LogP contribution in [0.1, 0.15) is 6.42 Å². The summed E-state index contributed by atoms with van der Waals surface area (Å²) in [6.07, 6.45) is 4.77. The second-order valence-corrected chi connectivity index (χ2v) is 7.54. The molecule has 1 aliphatic rings. The van der Waals surface area contributed by atoms with E-state index >= 15 is 0 Å². The van der Waals surface area contributed by atoms with Gasteiger partial charge in [0, 0.05) is 37.4 Å². The lowest BCUT2D eigenvalue weighted by atomic mass is 10.0. The Morgan fingerprint density at radius 3 is 2.55 bits per heavy atom. The lowest BCUT2D eigenvalue weighted by Crippen LogP contribution is -2.30. The first-order chi connectivity index (χ1) is 14.3. The first-order valence-corrected chi connectivity index (χ1v) is 10.1. The average Bonchev–Trinajstić information content (AvgIpc) is 3.22. The van der Waals surface area contributed by atoms with E-state index in [9.17, 15) is 0 Å². The molecule has 0 aliphatic carbocycles. The number of likely N-dealkylation sites (N-methyl/N-ethyl adjacent to an activating group) is 1. The van der Waals surface area contributed by atoms with Crippen molar-refractivity contribution in [2.45, 2.75) is 6.42 Å². The number of nitrogens with zero attached hydrogens (tertiary/aromatic N) is 6. The zero-order chi connectivity index (χ0) is 19.6. The summed E-state index contributed by atoms with van der Waals surface area (Å²) in [5.74, 6) is 1.61. The largest absolute Gasteiger partial charge is 0.355 e. The van der Waals surface area contributed by atoms with Crippen molar-refractivity contribution in [2.75, 3.05) is 38.1 Å². The number of anilines is 1. The van der Waals surface area contributed by atoms with Crippen molar-refractivity contribution >= 4 is 16.7 Å². The van der Waals surface area contributed by atoms with Crippen molar-refractivity contribution in [1.82, 2.24) is 24.6 Å². The highest BCUT2D eigenvalue weighted by atomic mass is 15.4. The Hall–Kier alpha value is -3.25. The first-order valence-electron chi connectivity index (χ1n) is 10.1. The molecule has 6 heteroatoms. The number of hydrogen-bond acceptors (Lipinski definition) is 5. The number of benzene rings is 2. The molecule has 0 unspecified atom stereocenters. The van der Waals surface area contributed by atoms with E-state index in [-0.39, 0.29) is 0 Å². The summed E-state index contributed by atoms with van der Waals surface area (Å²) in [6, 6.07) is 18.8. The highest BCUT2D eigenvalue weighted by Gasteiger charge is 2.19. The van der Waals surface area contributed by atoms with Crippen molar-refractivity contribution in [3.63, 3.8) is 0 Å². The van der Waals surface area contributed by atoms with Gasteiger partial charge in [-0.2, -0.15) is 10.1 Å². The van der Waals surface area contributed by atoms with Crippen molar-refractivity contribution < 1.29 is 0 Å². The van der Waals surface area contributed by atoms with Gasteiger partial charge >= 0.3 is 0 Å². The van der Waals surface area contributed by atoms with Gasteiger partial charge in [0.15, 0.2) is 0 Å². The molecule has 0 spiro atoms. The summed E-state index contributed by atoms with van der Waals surface area (Å²) in [6.45, 7) is 4.09. The zero-order valence-corrected chi connectivity index (χ0v) is 16.6. The van der Waals surface area contributed by atoms with Gasteiger partial charge in [-0.05, 0) is 49.3 Å². The summed E-state index contributed by atoms with van der Waals surface area (Å²) in [5, 5.41) is 5.43. The van der Waals surface area contributed by atoms with E-state index < -0.39 is 0 Å². The van der Waals surface area contributed by atoms with Crippen LogP contribution in [0.4, 0.5) is 5.82 Å². The van der Waals surface area contributed by atoms with E-state index in [1.165, 1.54) is 11.1 Å². The normalized spacial score (nSPS) is 15.6. The van der Waals surface area contributed by atoms with E-state index in [2.05, 4.69) is 64.4 Å². The van der Waals surface area contributed by atoms with Gasteiger partial charge in [-0.25, -0.2) is 9.67 Å². The maximum Gasteiger partial charge on any atom is 0.253 e. The molecule has 0 atom stereocenters. The fourth-order valence-electron chi connectivity index (χ4n) is 3.90. The van der Waals surface area contributed by atoms with E-state index in [0.717, 1.165) is 49.3 Å². The molecule has 3 heterocycles. The third-order valence-corrected chi connectivity index (χ3v) is 5.50. The molecule has 146 valence electrons. The van der Waals surface area contributed by atoms with Crippen molar-refractivity contribution in [2.24, 2.45) is 0 Å². The third-order valence-electron chi connectivity index (χ3n) is 5.50. The Morgan fingerprint density at radius 2 is 1.72 bits per heavy atom. The van der Waals surface area contributed by atoms with Crippen molar-refractivity contribution in [3.8, 4) is 17.1 Å². The molecule has 1 fully saturated rings. The van der Waals surface area contributed by atoms with Crippen LogP contribution in [0.3, 0.4) is 0 Å². The summed E-state index contributed by atoms with van der Waals surface area (Å²) >= 11 is 0. The van der Waals surface area contributed by atoms with Crippen molar-refractivity contribution in [1.29, 1.82) is 0 Å². The van der Waals surface area contributed by atoms with Gasteiger partial charge in [-0.1, -0.05) is 36.4 Å². The zero-order valence-electron chi connectivity index (χ0n) is 16.6. The fourth-order valence-corrected chi connectivity index (χ4v) is 3.90. The predicted octanol–water partition coefficient (Wildman–Crippen LogP) is 3.62. The number of rotatable bonds is 3. The van der Waals surface area contributed by atoms with Crippen LogP contribution >= 0.6 is 0 Å². The summed E-state index contributed by atoms with van der Waals surface area (Å²) in [5.41, 5.74) is 3.33. The lowest BCUT2D eigenvalue weighted by molar-refractivity contribution is 0.360. The molecule has 0 bridgehead atoms. The van der Waals surface area contributed by atoms with Gasteiger partial charge in [0.1, 0.15) is 5.82 Å². The Kier molecular flexibility index (Phi) is 4.69. The summed E-state index contributed by atoms with van der Waals surface area (Å²) in [7, 11) is 2.18. The second kappa shape index (κ2) is 7.64. The van der Waals surface area contributed by atoms with Crippen LogP contribution in [-0.2, 0) is 0 Å². The predicted molar refractivity (Wildman–Crippen MR) is 116 cm³/mol. The second-order valence-electron chi connectivity index (χ2n) is 7.54. The van der Waals surface area contributed by atoms with Gasteiger partial charge in [0.2, 0.25) is 0 Å². The van der Waals surface area contributed by atoms with Crippen LogP contribution in [0.15, 0.2) is 67.0 Å². The van der Waals surface area contributed by atoms with E-state index in [4.69, 9.17) is 9.97 Å². The van der Waals surface area contributed by atoms with E-state index in [1.807, 2.05) is 18.3 Å². The molecule has 0 amide bonds. The Bertz CT molecular complexity index is 1110. The number of fused-ring (bicyclic) bond motifs is 1. The van der Waals surface area contributed by atoms with Gasteiger partial charge < -0.3 is 9.80 Å². The standard InChI is InChI=1S/C23H24N6/c1-27-12-6-13-28(16-15-27)22-20-17-19(18-7-3-2-4-8-18)9-10-21(20)25-23(26-22)29-14-5-11-24-29/h2-5,7-11,14,17H,6,12-13,15-16H2,1H3. The maximum absolute atomic E-state index is 4.97. The molecule has 1 aliphatic heterocycles. The van der Waals surface area contributed by atoms with Gasteiger partial charge in [-0.3, -0.25) is 0 Å². The minimum Gasteiger partial charge on any atom is -0.355 e. The molecule has 2 aromatic heterocycles. The molecule has 0 radical (unpaired) electrons. The van der Waals surface area contributed by atoms with Gasteiger partial charge in [-0.15, -0.1) is 0 Å². The molecule has 4 aromatic rings. The van der Waals surface area contributed by atoms with E-state index in [0.29, 0.717) is 5.95 Å². The monoisotopic (exact) mass is 384 g/mol. The van der Waals surface area contributed by atoms with Crippen LogP contribution in [0.2, 0.25) is 0 Å². The minimum atomic E-state index is 0.613. The first kappa shape index (κ1) is 17.8. The molecule has 0 N–H and O–H groups in total. The van der Waals surface area contributed by atoms with Crippen LogP contribution in [0, 0.1) is 0 Å². The van der Waals surface area contributed by atoms with E-state index in [1.54, 1.807) is 10.9 Å². The number of aromatic nitrogens is 4. The Balaban J connectivity index is 1.67. The average molecular weight is 384 g/mol. The van der Waals surface area contributed by atoms with Crippen LogP contribution in [-0.4, -0.2) is 57.9 Å². The molecular formula is C23H24N6. The maximum atomic E-state index is 4.97. The highest BCUT2D eigenvalue weighted by molar-refractivity contribution is 5.93. The molecule has 5 rings (SSSR count). The van der Waals surface area contributed by atoms with Crippen LogP contribution in [0.5, 0.6) is 0 Å². The van der Waals surface area contributed by atoms with Crippen molar-refractivity contribution in [3.05, 3.63) is 67.0 Å². The smallest absolute Gasteiger partial charge is 0.253 e. The quantitative estimate of drug-likeness (QED) is 0.540. The lowest BCUT2D eigenvalue weighted by Gasteiger charge is -2.24.